The third-order valence-corrected chi connectivity index (χ3v) is 4.54. The van der Waals surface area contributed by atoms with Crippen molar-refractivity contribution < 1.29 is 9.59 Å². The highest BCUT2D eigenvalue weighted by Gasteiger charge is 2.32. The average molecular weight is 406 g/mol. The van der Waals surface area contributed by atoms with E-state index in [9.17, 15) is 19.2 Å². The number of halogens is 1. The van der Waals surface area contributed by atoms with Gasteiger partial charge in [-0.3, -0.25) is 19.2 Å². The monoisotopic (exact) mass is 405 g/mol. The number of hydrogen-bond donors (Lipinski definition) is 3. The molecule has 2 heterocycles. The molecule has 130 valence electrons. The molecule has 0 atom stereocenters. The van der Waals surface area contributed by atoms with Crippen molar-refractivity contribution in [1.29, 1.82) is 0 Å². The average Bonchev–Trinajstić information content (AvgIpc) is 2.49. The van der Waals surface area contributed by atoms with Gasteiger partial charge in [0, 0.05) is 28.3 Å². The van der Waals surface area contributed by atoms with Gasteiger partial charge < -0.3 is 15.3 Å². The molecule has 25 heavy (non-hydrogen) atoms. The molecule has 2 aromatic rings. The largest absolute Gasteiger partial charge is 0.326 e. The van der Waals surface area contributed by atoms with Crippen LogP contribution in [0.5, 0.6) is 0 Å². The van der Waals surface area contributed by atoms with Gasteiger partial charge in [-0.05, 0) is 39.9 Å². The zero-order chi connectivity index (χ0) is 18.4. The first-order chi connectivity index (χ1) is 11.7. The maximum Gasteiger partial charge on any atom is 0.271 e. The molecule has 0 aliphatic heterocycles. The molecule has 1 aliphatic rings. The summed E-state index contributed by atoms with van der Waals surface area (Å²) in [6.45, 7) is 3.90. The maximum atomic E-state index is 12.4. The Hall–Kier alpha value is -2.48. The lowest BCUT2D eigenvalue weighted by Gasteiger charge is -2.29. The van der Waals surface area contributed by atoms with E-state index < -0.39 is 17.0 Å². The van der Waals surface area contributed by atoms with Gasteiger partial charge in [-0.25, -0.2) is 0 Å². The Labute approximate surface area is 151 Å². The number of aromatic amines is 2. The zero-order valence-corrected chi connectivity index (χ0v) is 15.2. The standard InChI is InChI=1S/C17H16BrN3O4/c1-17(2)5-12-9(13(22)6-17)4-10(15(24)21-12)14(23)20-11-3-8(18)7-19-16(11)25/h3-4,7H,5-6H2,1-2H3,(H,19,25)(H,20,23)(H,21,24). The molecule has 0 unspecified atom stereocenters. The molecule has 1 amide bonds. The van der Waals surface area contributed by atoms with Crippen LogP contribution in [-0.2, 0) is 6.42 Å². The van der Waals surface area contributed by atoms with Gasteiger partial charge >= 0.3 is 0 Å². The predicted molar refractivity (Wildman–Crippen MR) is 96.2 cm³/mol. The Bertz CT molecular complexity index is 1000. The minimum absolute atomic E-state index is 0.00366. The van der Waals surface area contributed by atoms with E-state index in [0.29, 0.717) is 28.6 Å². The van der Waals surface area contributed by atoms with E-state index in [2.05, 4.69) is 31.2 Å². The van der Waals surface area contributed by atoms with Crippen LogP contribution in [0.15, 0.2) is 32.4 Å². The number of pyridine rings is 2. The van der Waals surface area contributed by atoms with Gasteiger partial charge in [-0.2, -0.15) is 0 Å². The fourth-order valence-corrected chi connectivity index (χ4v) is 3.28. The number of amides is 1. The van der Waals surface area contributed by atoms with Crippen LogP contribution >= 0.6 is 15.9 Å². The second-order valence-corrected chi connectivity index (χ2v) is 7.78. The number of rotatable bonds is 2. The summed E-state index contributed by atoms with van der Waals surface area (Å²) in [7, 11) is 0. The molecule has 2 aromatic heterocycles. The van der Waals surface area contributed by atoms with Gasteiger partial charge in [0.05, 0.1) is 0 Å². The van der Waals surface area contributed by atoms with E-state index >= 15 is 0 Å². The summed E-state index contributed by atoms with van der Waals surface area (Å²) < 4.78 is 0.569. The Morgan fingerprint density at radius 1 is 1.16 bits per heavy atom. The van der Waals surface area contributed by atoms with Crippen LogP contribution < -0.4 is 16.4 Å². The second kappa shape index (κ2) is 6.11. The smallest absolute Gasteiger partial charge is 0.271 e. The summed E-state index contributed by atoms with van der Waals surface area (Å²) >= 11 is 3.19. The van der Waals surface area contributed by atoms with Crippen molar-refractivity contribution in [2.24, 2.45) is 5.41 Å². The highest BCUT2D eigenvalue weighted by molar-refractivity contribution is 9.10. The molecular formula is C17H16BrN3O4. The van der Waals surface area contributed by atoms with Crippen molar-refractivity contribution in [2.75, 3.05) is 5.32 Å². The van der Waals surface area contributed by atoms with Crippen molar-refractivity contribution in [1.82, 2.24) is 9.97 Å². The fourth-order valence-electron chi connectivity index (χ4n) is 2.94. The summed E-state index contributed by atoms with van der Waals surface area (Å²) in [4.78, 5) is 53.8. The van der Waals surface area contributed by atoms with Gasteiger partial charge in [0.2, 0.25) is 0 Å². The number of nitrogens with one attached hydrogen (secondary N) is 3. The third kappa shape index (κ3) is 3.48. The lowest BCUT2D eigenvalue weighted by Crippen LogP contribution is -2.33. The van der Waals surface area contributed by atoms with Crippen molar-refractivity contribution in [2.45, 2.75) is 26.7 Å². The van der Waals surface area contributed by atoms with Crippen LogP contribution in [0.2, 0.25) is 0 Å². The van der Waals surface area contributed by atoms with Crippen molar-refractivity contribution in [3.8, 4) is 0 Å². The van der Waals surface area contributed by atoms with E-state index in [1.165, 1.54) is 18.3 Å². The molecule has 3 N–H and O–H groups in total. The first-order valence-electron chi connectivity index (χ1n) is 7.65. The van der Waals surface area contributed by atoms with E-state index in [1.807, 2.05) is 13.8 Å². The minimum Gasteiger partial charge on any atom is -0.326 e. The van der Waals surface area contributed by atoms with Gasteiger partial charge in [-0.15, -0.1) is 0 Å². The Balaban J connectivity index is 1.98. The number of carbonyl (C=O) groups is 2. The van der Waals surface area contributed by atoms with Crippen LogP contribution in [0, 0.1) is 5.41 Å². The van der Waals surface area contributed by atoms with Crippen molar-refractivity contribution in [3.05, 3.63) is 60.3 Å². The van der Waals surface area contributed by atoms with Crippen LogP contribution in [0.4, 0.5) is 5.69 Å². The summed E-state index contributed by atoms with van der Waals surface area (Å²) in [5.74, 6) is -0.859. The Morgan fingerprint density at radius 2 is 1.88 bits per heavy atom. The number of carbonyl (C=O) groups excluding carboxylic acids is 2. The molecule has 0 radical (unpaired) electrons. The highest BCUT2D eigenvalue weighted by Crippen LogP contribution is 2.33. The highest BCUT2D eigenvalue weighted by atomic mass is 79.9. The Kier molecular flexibility index (Phi) is 4.24. The second-order valence-electron chi connectivity index (χ2n) is 6.86. The number of fused-ring (bicyclic) bond motifs is 1. The quantitative estimate of drug-likeness (QED) is 0.710. The maximum absolute atomic E-state index is 12.4. The number of aromatic nitrogens is 2. The molecule has 8 heteroatoms. The summed E-state index contributed by atoms with van der Waals surface area (Å²) in [6, 6.07) is 2.74. The molecular weight excluding hydrogens is 390 g/mol. The van der Waals surface area contributed by atoms with Crippen molar-refractivity contribution in [3.63, 3.8) is 0 Å². The SMILES string of the molecule is CC1(C)CC(=O)c2cc(C(=O)Nc3cc(Br)c[nH]c3=O)c(=O)[nH]c2C1. The molecule has 7 nitrogen and oxygen atoms in total. The van der Waals surface area contributed by atoms with Crippen LogP contribution in [0.25, 0.3) is 0 Å². The topological polar surface area (TPSA) is 112 Å². The molecule has 0 spiro atoms. The van der Waals surface area contributed by atoms with Gasteiger partial charge in [0.15, 0.2) is 5.78 Å². The molecule has 1 aliphatic carbocycles. The van der Waals surface area contributed by atoms with Gasteiger partial charge in [-0.1, -0.05) is 13.8 Å². The Morgan fingerprint density at radius 3 is 2.60 bits per heavy atom. The first-order valence-corrected chi connectivity index (χ1v) is 8.44. The van der Waals surface area contributed by atoms with E-state index in [-0.39, 0.29) is 22.4 Å². The lowest BCUT2D eigenvalue weighted by molar-refractivity contribution is 0.0910. The summed E-state index contributed by atoms with van der Waals surface area (Å²) in [5, 5.41) is 2.40. The molecule has 0 saturated heterocycles. The zero-order valence-electron chi connectivity index (χ0n) is 13.7. The number of anilines is 1. The number of hydrogen-bond acceptors (Lipinski definition) is 4. The van der Waals surface area contributed by atoms with E-state index in [0.717, 1.165) is 0 Å². The van der Waals surface area contributed by atoms with E-state index in [1.54, 1.807) is 0 Å². The third-order valence-electron chi connectivity index (χ3n) is 4.08. The lowest BCUT2D eigenvalue weighted by atomic mass is 9.75. The van der Waals surface area contributed by atoms with Crippen LogP contribution in [0.1, 0.15) is 46.7 Å². The number of H-pyrrole nitrogens is 2. The number of Topliss-reactive ketones (excluding diaryl/α,β-unsaturated/α-hetero) is 1. The molecule has 3 rings (SSSR count). The molecule has 0 fully saturated rings. The number of ketones is 1. The molecule has 0 bridgehead atoms. The normalized spacial score (nSPS) is 15.6. The van der Waals surface area contributed by atoms with E-state index in [4.69, 9.17) is 0 Å². The first kappa shape index (κ1) is 17.3. The van der Waals surface area contributed by atoms with Crippen LogP contribution in [-0.4, -0.2) is 21.7 Å². The van der Waals surface area contributed by atoms with Gasteiger partial charge in [0.1, 0.15) is 11.3 Å². The van der Waals surface area contributed by atoms with Crippen molar-refractivity contribution >= 4 is 33.3 Å². The molecule has 0 aromatic carbocycles. The van der Waals surface area contributed by atoms with Crippen LogP contribution in [0.3, 0.4) is 0 Å². The summed E-state index contributed by atoms with van der Waals surface area (Å²) in [5.41, 5.74) is -0.622. The predicted octanol–water partition coefficient (Wildman–Crippen LogP) is 2.23. The molecule has 0 saturated carbocycles. The minimum atomic E-state index is -0.745. The van der Waals surface area contributed by atoms with Gasteiger partial charge in [0.25, 0.3) is 17.0 Å². The summed E-state index contributed by atoms with van der Waals surface area (Å²) in [6.07, 6.45) is 2.33. The fraction of sp³-hybridized carbons (Fsp3) is 0.294.